The highest BCUT2D eigenvalue weighted by Gasteiger charge is 2.26. The molecule has 1 aromatic rings. The number of ether oxygens (including phenoxy) is 1. The van der Waals surface area contributed by atoms with E-state index in [1.807, 2.05) is 32.9 Å². The van der Waals surface area contributed by atoms with E-state index in [-0.39, 0.29) is 18.1 Å². The number of benzene rings is 1. The number of carbonyl (C=O) groups is 1. The Morgan fingerprint density at radius 2 is 2.30 bits per heavy atom. The summed E-state index contributed by atoms with van der Waals surface area (Å²) in [6.07, 6.45) is 0.174. The number of anilines is 2. The molecule has 0 radical (unpaired) electrons. The van der Waals surface area contributed by atoms with Crippen molar-refractivity contribution < 1.29 is 9.53 Å². The molecule has 1 amide bonds. The Balaban J connectivity index is 2.02. The van der Waals surface area contributed by atoms with Gasteiger partial charge in [0.15, 0.2) is 0 Å². The molecule has 110 valence electrons. The summed E-state index contributed by atoms with van der Waals surface area (Å²) in [6, 6.07) is 5.36. The van der Waals surface area contributed by atoms with E-state index >= 15 is 0 Å². The zero-order valence-corrected chi connectivity index (χ0v) is 12.3. The molecule has 2 rings (SSSR count). The predicted octanol–water partition coefficient (Wildman–Crippen LogP) is 1.62. The van der Waals surface area contributed by atoms with Crippen LogP contribution in [0.25, 0.3) is 0 Å². The van der Waals surface area contributed by atoms with Crippen LogP contribution in [0.1, 0.15) is 19.4 Å². The molecule has 5 heteroatoms. The summed E-state index contributed by atoms with van der Waals surface area (Å²) in [7, 11) is 0. The van der Waals surface area contributed by atoms with E-state index < -0.39 is 0 Å². The molecular weight excluding hydrogens is 254 g/mol. The van der Waals surface area contributed by atoms with Crippen LogP contribution >= 0.6 is 0 Å². The lowest BCUT2D eigenvalue weighted by Crippen LogP contribution is -2.50. The average molecular weight is 277 g/mol. The van der Waals surface area contributed by atoms with Crippen molar-refractivity contribution in [3.63, 3.8) is 0 Å². The molecule has 5 nitrogen and oxygen atoms in total. The fraction of sp³-hybridized carbons (Fsp3) is 0.533. The van der Waals surface area contributed by atoms with Crippen LogP contribution in [0.4, 0.5) is 11.4 Å². The first-order chi connectivity index (χ1) is 9.47. The Hall–Kier alpha value is -1.59. The van der Waals surface area contributed by atoms with Gasteiger partial charge in [0.05, 0.1) is 18.8 Å². The maximum absolute atomic E-state index is 12.3. The van der Waals surface area contributed by atoms with Crippen molar-refractivity contribution in [2.24, 2.45) is 0 Å². The molecule has 1 saturated heterocycles. The number of amides is 1. The summed E-state index contributed by atoms with van der Waals surface area (Å²) < 4.78 is 5.50. The number of carbonyl (C=O) groups excluding carboxylic acids is 1. The molecule has 20 heavy (non-hydrogen) atoms. The standard InChI is InChI=1S/C15H23N3O2/c1-10-4-5-13(16)8-14(10)17-15(19)12(3)18-6-7-20-11(2)9-18/h4-5,8,11-12H,6-7,9,16H2,1-3H3,(H,17,19). The van der Waals surface area contributed by atoms with Crippen LogP contribution in [0.5, 0.6) is 0 Å². The van der Waals surface area contributed by atoms with Gasteiger partial charge in [-0.05, 0) is 38.5 Å². The van der Waals surface area contributed by atoms with Crippen molar-refractivity contribution in [1.29, 1.82) is 0 Å². The second-order valence-corrected chi connectivity index (χ2v) is 5.42. The van der Waals surface area contributed by atoms with Gasteiger partial charge in [-0.2, -0.15) is 0 Å². The second kappa shape index (κ2) is 6.24. The fourth-order valence-corrected chi connectivity index (χ4v) is 2.37. The molecule has 1 aliphatic heterocycles. The summed E-state index contributed by atoms with van der Waals surface area (Å²) in [6.45, 7) is 8.15. The molecule has 0 bridgehead atoms. The SMILES string of the molecule is Cc1ccc(N)cc1NC(=O)C(C)N1CCOC(C)C1. The third kappa shape index (κ3) is 3.49. The Morgan fingerprint density at radius 3 is 3.00 bits per heavy atom. The molecule has 1 heterocycles. The molecule has 1 aliphatic rings. The van der Waals surface area contributed by atoms with Gasteiger partial charge in [0, 0.05) is 24.5 Å². The molecule has 1 aromatic carbocycles. The number of rotatable bonds is 3. The Labute approximate surface area is 120 Å². The van der Waals surface area contributed by atoms with Crippen molar-refractivity contribution >= 4 is 17.3 Å². The molecular formula is C15H23N3O2. The van der Waals surface area contributed by atoms with Crippen LogP contribution in [-0.4, -0.2) is 42.6 Å². The van der Waals surface area contributed by atoms with Crippen LogP contribution < -0.4 is 11.1 Å². The van der Waals surface area contributed by atoms with Gasteiger partial charge in [-0.25, -0.2) is 0 Å². The molecule has 3 N–H and O–H groups in total. The first-order valence-corrected chi connectivity index (χ1v) is 7.00. The second-order valence-electron chi connectivity index (χ2n) is 5.42. The number of hydrogen-bond donors (Lipinski definition) is 2. The number of nitrogens with two attached hydrogens (primary N) is 1. The molecule has 0 saturated carbocycles. The molecule has 1 fully saturated rings. The van der Waals surface area contributed by atoms with E-state index in [4.69, 9.17) is 10.5 Å². The van der Waals surface area contributed by atoms with Gasteiger partial charge in [0.25, 0.3) is 0 Å². The summed E-state index contributed by atoms with van der Waals surface area (Å²) >= 11 is 0. The number of nitrogens with one attached hydrogen (secondary N) is 1. The first-order valence-electron chi connectivity index (χ1n) is 7.00. The molecule has 0 aromatic heterocycles. The molecule has 0 aliphatic carbocycles. The van der Waals surface area contributed by atoms with Crippen molar-refractivity contribution in [2.75, 3.05) is 30.7 Å². The lowest BCUT2D eigenvalue weighted by Gasteiger charge is -2.34. The largest absolute Gasteiger partial charge is 0.399 e. The Morgan fingerprint density at radius 1 is 1.55 bits per heavy atom. The van der Waals surface area contributed by atoms with Gasteiger partial charge in [0.1, 0.15) is 0 Å². The quantitative estimate of drug-likeness (QED) is 0.824. The van der Waals surface area contributed by atoms with Gasteiger partial charge in [-0.15, -0.1) is 0 Å². The fourth-order valence-electron chi connectivity index (χ4n) is 2.37. The maximum atomic E-state index is 12.3. The number of nitrogens with zero attached hydrogens (tertiary/aromatic N) is 1. The van der Waals surface area contributed by atoms with Gasteiger partial charge >= 0.3 is 0 Å². The van der Waals surface area contributed by atoms with E-state index in [0.717, 1.165) is 24.3 Å². The van der Waals surface area contributed by atoms with Gasteiger partial charge < -0.3 is 15.8 Å². The van der Waals surface area contributed by atoms with E-state index in [9.17, 15) is 4.79 Å². The lowest BCUT2D eigenvalue weighted by molar-refractivity contribution is -0.123. The molecule has 2 atom stereocenters. The van der Waals surface area contributed by atoms with E-state index in [1.165, 1.54) is 0 Å². The van der Waals surface area contributed by atoms with Crippen molar-refractivity contribution in [3.8, 4) is 0 Å². The predicted molar refractivity (Wildman–Crippen MR) is 80.7 cm³/mol. The van der Waals surface area contributed by atoms with E-state index in [1.54, 1.807) is 6.07 Å². The minimum absolute atomic E-state index is 0.00667. The molecule has 2 unspecified atom stereocenters. The van der Waals surface area contributed by atoms with E-state index in [0.29, 0.717) is 12.3 Å². The maximum Gasteiger partial charge on any atom is 0.241 e. The smallest absolute Gasteiger partial charge is 0.241 e. The van der Waals surface area contributed by atoms with Crippen LogP contribution in [0.15, 0.2) is 18.2 Å². The third-order valence-electron chi connectivity index (χ3n) is 3.72. The molecule has 0 spiro atoms. The number of aryl methyl sites for hydroxylation is 1. The van der Waals surface area contributed by atoms with Gasteiger partial charge in [-0.1, -0.05) is 6.07 Å². The summed E-state index contributed by atoms with van der Waals surface area (Å²) in [5.74, 6) is -0.00667. The van der Waals surface area contributed by atoms with Crippen molar-refractivity contribution in [1.82, 2.24) is 4.90 Å². The number of nitrogen functional groups attached to an aromatic ring is 1. The minimum Gasteiger partial charge on any atom is -0.399 e. The number of hydrogen-bond acceptors (Lipinski definition) is 4. The topological polar surface area (TPSA) is 67.6 Å². The summed E-state index contributed by atoms with van der Waals surface area (Å²) in [4.78, 5) is 14.5. The Bertz CT molecular complexity index is 490. The summed E-state index contributed by atoms with van der Waals surface area (Å²) in [5.41, 5.74) is 8.20. The minimum atomic E-state index is -0.179. The first kappa shape index (κ1) is 14.8. The van der Waals surface area contributed by atoms with Gasteiger partial charge in [-0.3, -0.25) is 9.69 Å². The normalized spacial score (nSPS) is 21.4. The lowest BCUT2D eigenvalue weighted by atomic mass is 10.1. The van der Waals surface area contributed by atoms with Crippen molar-refractivity contribution in [3.05, 3.63) is 23.8 Å². The van der Waals surface area contributed by atoms with Gasteiger partial charge in [0.2, 0.25) is 5.91 Å². The summed E-state index contributed by atoms with van der Waals surface area (Å²) in [5, 5.41) is 2.96. The highest BCUT2D eigenvalue weighted by atomic mass is 16.5. The highest BCUT2D eigenvalue weighted by Crippen LogP contribution is 2.19. The average Bonchev–Trinajstić information content (AvgIpc) is 2.42. The number of morpholine rings is 1. The third-order valence-corrected chi connectivity index (χ3v) is 3.72. The van der Waals surface area contributed by atoms with Crippen LogP contribution in [0.3, 0.4) is 0 Å². The van der Waals surface area contributed by atoms with Crippen LogP contribution in [0.2, 0.25) is 0 Å². The zero-order valence-electron chi connectivity index (χ0n) is 12.3. The van der Waals surface area contributed by atoms with E-state index in [2.05, 4.69) is 10.2 Å². The monoisotopic (exact) mass is 277 g/mol. The Kier molecular flexibility index (Phi) is 4.62. The van der Waals surface area contributed by atoms with Crippen LogP contribution in [0, 0.1) is 6.92 Å². The zero-order chi connectivity index (χ0) is 14.7. The van der Waals surface area contributed by atoms with Crippen LogP contribution in [-0.2, 0) is 9.53 Å². The highest BCUT2D eigenvalue weighted by molar-refractivity contribution is 5.95. The van der Waals surface area contributed by atoms with Crippen molar-refractivity contribution in [2.45, 2.75) is 32.9 Å².